The number of hydrogen-bond acceptors (Lipinski definition) is 8. The molecule has 4 rings (SSSR count). The average Bonchev–Trinajstić information content (AvgIpc) is 3.50. The van der Waals surface area contributed by atoms with E-state index < -0.39 is 86.2 Å². The third-order valence-electron chi connectivity index (χ3n) is 3.65. The largest absolute Gasteiger partial charge is 0.454 e. The normalized spacial score (nSPS) is 20.4. The molecule has 0 spiro atoms. The van der Waals surface area contributed by atoms with Gasteiger partial charge in [-0.05, 0) is 48.4 Å². The first-order valence-electron chi connectivity index (χ1n) is 11.8. The smallest absolute Gasteiger partial charge is 0.265 e. The van der Waals surface area contributed by atoms with Crippen LogP contribution in [0.3, 0.4) is 0 Å². The molecule has 152 valence electrons. The molecule has 1 aliphatic rings. The third-order valence-corrected chi connectivity index (χ3v) is 6.51. The Kier molecular flexibility index (Phi) is 3.10. The molecular weight excluding hydrogens is 440 g/mol. The molecule has 0 aliphatic carbocycles. The summed E-state index contributed by atoms with van der Waals surface area (Å²) >= 11 is 6.50. The summed E-state index contributed by atoms with van der Waals surface area (Å²) in [5.74, 6) is -3.07. The van der Waals surface area contributed by atoms with Gasteiger partial charge in [-0.3, -0.25) is 4.79 Å². The van der Waals surface area contributed by atoms with Crippen LogP contribution in [0.25, 0.3) is 0 Å². The first kappa shape index (κ1) is 12.2. The van der Waals surface area contributed by atoms with E-state index in [9.17, 15) is 13.2 Å². The van der Waals surface area contributed by atoms with E-state index in [1.54, 1.807) is 0 Å². The molecule has 11 heteroatoms. The third kappa shape index (κ3) is 3.70. The Morgan fingerprint density at radius 1 is 1.48 bits per heavy atom. The van der Waals surface area contributed by atoms with E-state index in [1.165, 1.54) is 12.3 Å². The molecule has 29 heavy (non-hydrogen) atoms. The Morgan fingerprint density at radius 2 is 2.24 bits per heavy atom. The number of carbonyl (C=O) groups is 1. The molecule has 1 unspecified atom stereocenters. The van der Waals surface area contributed by atoms with Gasteiger partial charge in [-0.15, -0.1) is 11.3 Å². The molecule has 0 saturated heterocycles. The minimum atomic E-state index is -4.58. The van der Waals surface area contributed by atoms with Crippen LogP contribution in [0, 0.1) is 13.8 Å². The second-order valence-corrected chi connectivity index (χ2v) is 8.52. The highest BCUT2D eigenvalue weighted by Crippen LogP contribution is 2.36. The van der Waals surface area contributed by atoms with Gasteiger partial charge in [0.15, 0.2) is 17.3 Å². The molecule has 2 aromatic heterocycles. The average molecular weight is 463 g/mol. The molecular formula is C18H15ClN2O6S2. The zero-order valence-electron chi connectivity index (χ0n) is 22.3. The molecule has 1 atom stereocenters. The van der Waals surface area contributed by atoms with Crippen LogP contribution in [0.5, 0.6) is 11.5 Å². The summed E-state index contributed by atoms with van der Waals surface area (Å²) in [6.07, 6.45) is -3.33. The van der Waals surface area contributed by atoms with Gasteiger partial charge >= 0.3 is 0 Å². The Bertz CT molecular complexity index is 1540. The number of sulfonamides is 1. The number of ketones is 1. The summed E-state index contributed by atoms with van der Waals surface area (Å²) in [4.78, 5) is 12.2. The molecule has 0 amide bonds. The summed E-state index contributed by atoms with van der Waals surface area (Å²) < 4.78 is 108. The van der Waals surface area contributed by atoms with Crippen molar-refractivity contribution < 1.29 is 38.2 Å². The van der Waals surface area contributed by atoms with Gasteiger partial charge in [0.05, 0.1) is 7.62 Å². The molecule has 0 bridgehead atoms. The van der Waals surface area contributed by atoms with Gasteiger partial charge in [0.25, 0.3) is 15.9 Å². The number of rotatable bonds is 6. The van der Waals surface area contributed by atoms with Gasteiger partial charge in [0.1, 0.15) is 17.0 Å². The Balaban J connectivity index is 1.85. The predicted octanol–water partition coefficient (Wildman–Crippen LogP) is 3.96. The molecule has 3 aromatic rings. The van der Waals surface area contributed by atoms with Crippen molar-refractivity contribution in [2.24, 2.45) is 0 Å². The van der Waals surface area contributed by atoms with Crippen LogP contribution in [-0.4, -0.2) is 26.1 Å². The van der Waals surface area contributed by atoms with Crippen LogP contribution < -0.4 is 14.2 Å². The maximum absolute atomic E-state index is 13.5. The summed E-state index contributed by atoms with van der Waals surface area (Å²) in [7, 11) is -4.58. The van der Waals surface area contributed by atoms with Gasteiger partial charge < -0.3 is 14.0 Å². The minimum Gasteiger partial charge on any atom is -0.454 e. The highest BCUT2D eigenvalue weighted by molar-refractivity contribution is 7.93. The van der Waals surface area contributed by atoms with Crippen LogP contribution in [0.2, 0.25) is 5.02 Å². The first-order valence-corrected chi connectivity index (χ1v) is 10.4. The molecule has 0 fully saturated rings. The van der Waals surface area contributed by atoms with Crippen LogP contribution in [0.15, 0.2) is 32.9 Å². The number of aryl methyl sites for hydroxylation is 1. The fraction of sp³-hybridized carbons (Fsp3) is 0.222. The first-order chi connectivity index (χ1) is 17.0. The number of aromatic nitrogens is 1. The van der Waals surface area contributed by atoms with Crippen LogP contribution in [0.1, 0.15) is 37.5 Å². The van der Waals surface area contributed by atoms with Gasteiger partial charge in [-0.25, -0.2) is 13.1 Å². The second kappa shape index (κ2) is 7.36. The second-order valence-electron chi connectivity index (χ2n) is 5.57. The lowest BCUT2D eigenvalue weighted by Gasteiger charge is -2.09. The van der Waals surface area contributed by atoms with Crippen molar-refractivity contribution in [1.82, 2.24) is 5.16 Å². The number of nitrogens with one attached hydrogen (secondary N) is 1. The highest BCUT2D eigenvalue weighted by Gasteiger charge is 2.27. The molecule has 0 saturated carbocycles. The number of nitrogens with zero attached hydrogens (tertiary/aromatic N) is 1. The Morgan fingerprint density at radius 3 is 2.93 bits per heavy atom. The number of thiophene rings is 1. The van der Waals surface area contributed by atoms with E-state index in [0.29, 0.717) is 11.3 Å². The van der Waals surface area contributed by atoms with Gasteiger partial charge in [-0.1, -0.05) is 16.8 Å². The number of Topliss-reactive ketones (excluding diaryl/α,β-unsaturated/α-hetero) is 1. The lowest BCUT2D eigenvalue weighted by Crippen LogP contribution is -2.16. The standard InChI is InChI=1S/C18H15ClN2O6S2/c1-9-5-13-14(26-8-25-13)7-11(9)6-12(22)17-15(3-4-28-17)29(23,24)21-18-16(19)10(2)20-27-18/h3-5,7,21H,6,8H2,1-2H3/i1D3,5D,6D2,7D,8D. The number of fused-ring (bicyclic) bond motifs is 1. The zero-order valence-corrected chi connectivity index (χ0v) is 16.7. The molecule has 3 heterocycles. The lowest BCUT2D eigenvalue weighted by atomic mass is 10.0. The molecule has 0 radical (unpaired) electrons. The van der Waals surface area contributed by atoms with Gasteiger partial charge in [0.2, 0.25) is 6.77 Å². The molecule has 1 N–H and O–H groups in total. The SMILES string of the molecule is [2H]c1c2c(c([2H])c(C([2H])([2H])C(=O)c3sccc3S(=O)(=O)Nc3onc(C)c3Cl)c1C([2H])([2H])[2H])OC([2H])O2. The van der Waals surface area contributed by atoms with Crippen molar-refractivity contribution in [3.8, 4) is 11.5 Å². The van der Waals surface area contributed by atoms with Crippen LogP contribution in [0.4, 0.5) is 5.88 Å². The Labute approximate surface area is 186 Å². The number of carbonyl (C=O) groups excluding carboxylic acids is 1. The van der Waals surface area contributed by atoms with E-state index in [1.807, 2.05) is 4.72 Å². The molecule has 1 aromatic carbocycles. The maximum atomic E-state index is 13.5. The number of benzene rings is 1. The zero-order chi connectivity index (χ0) is 27.7. The van der Waals surface area contributed by atoms with Crippen LogP contribution in [-0.2, 0) is 16.4 Å². The summed E-state index contributed by atoms with van der Waals surface area (Å²) in [6.45, 7) is -3.48. The van der Waals surface area contributed by atoms with E-state index >= 15 is 0 Å². The van der Waals surface area contributed by atoms with E-state index in [-0.39, 0.29) is 10.7 Å². The van der Waals surface area contributed by atoms with Crippen molar-refractivity contribution in [3.05, 3.63) is 50.3 Å². The van der Waals surface area contributed by atoms with Gasteiger partial charge in [-0.2, -0.15) is 0 Å². The molecule has 8 nitrogen and oxygen atoms in total. The Hall–Kier alpha value is -2.56. The lowest BCUT2D eigenvalue weighted by molar-refractivity contribution is 0.0994. The number of ether oxygens (including phenoxy) is 2. The fourth-order valence-corrected chi connectivity index (χ4v) is 4.78. The fourth-order valence-electron chi connectivity index (χ4n) is 2.29. The van der Waals surface area contributed by atoms with Crippen molar-refractivity contribution in [2.45, 2.75) is 25.0 Å². The van der Waals surface area contributed by atoms with Crippen molar-refractivity contribution in [2.75, 3.05) is 11.5 Å². The summed E-state index contributed by atoms with van der Waals surface area (Å²) in [5.41, 5.74) is -1.85. The van der Waals surface area contributed by atoms with Crippen molar-refractivity contribution >= 4 is 44.6 Å². The topological polar surface area (TPSA) is 108 Å². The summed E-state index contributed by atoms with van der Waals surface area (Å²) in [5, 5.41) is 4.57. The predicted molar refractivity (Wildman–Crippen MR) is 107 cm³/mol. The van der Waals surface area contributed by atoms with Crippen LogP contribution >= 0.6 is 22.9 Å². The number of anilines is 1. The molecule has 1 aliphatic heterocycles. The highest BCUT2D eigenvalue weighted by atomic mass is 35.5. The minimum absolute atomic E-state index is 0.140. The number of hydrogen-bond donors (Lipinski definition) is 1. The van der Waals surface area contributed by atoms with E-state index in [0.717, 1.165) is 6.07 Å². The number of halogens is 1. The maximum Gasteiger partial charge on any atom is 0.265 e. The van der Waals surface area contributed by atoms with Crippen molar-refractivity contribution in [3.63, 3.8) is 0 Å². The van der Waals surface area contributed by atoms with E-state index in [2.05, 4.69) is 5.16 Å². The van der Waals surface area contributed by atoms with E-state index in [4.69, 9.17) is 36.6 Å². The van der Waals surface area contributed by atoms with Gasteiger partial charge in [0, 0.05) is 13.2 Å². The summed E-state index contributed by atoms with van der Waals surface area (Å²) in [6, 6.07) is -0.795. The van der Waals surface area contributed by atoms with Crippen molar-refractivity contribution in [1.29, 1.82) is 0 Å². The quantitative estimate of drug-likeness (QED) is 0.552. The monoisotopic (exact) mass is 462 g/mol.